The number of fused-ring (bicyclic) bond motifs is 1. The highest BCUT2D eigenvalue weighted by Crippen LogP contribution is 2.34. The van der Waals surface area contributed by atoms with Crippen molar-refractivity contribution < 1.29 is 0 Å². The zero-order valence-electron chi connectivity index (χ0n) is 9.68. The van der Waals surface area contributed by atoms with Crippen molar-refractivity contribution in [3.8, 4) is 0 Å². The molecule has 1 aromatic rings. The number of hydrogen-bond donors (Lipinski definition) is 1. The summed E-state index contributed by atoms with van der Waals surface area (Å²) < 4.78 is 0. The average molecular weight is 224 g/mol. The molecular weight excluding hydrogens is 204 g/mol. The van der Waals surface area contributed by atoms with Gasteiger partial charge in [0.25, 0.3) is 0 Å². The Hall–Kier alpha value is -0.410. The Morgan fingerprint density at radius 3 is 3.07 bits per heavy atom. The van der Waals surface area contributed by atoms with Gasteiger partial charge in [0.2, 0.25) is 0 Å². The van der Waals surface area contributed by atoms with Crippen LogP contribution in [0.4, 0.5) is 0 Å². The smallest absolute Gasteiger partial charge is 0.0928 e. The van der Waals surface area contributed by atoms with Gasteiger partial charge in [-0.2, -0.15) is 0 Å². The first kappa shape index (κ1) is 11.1. The Balaban J connectivity index is 2.14. The Labute approximate surface area is 96.1 Å². The van der Waals surface area contributed by atoms with Crippen LogP contribution in [0.3, 0.4) is 0 Å². The summed E-state index contributed by atoms with van der Waals surface area (Å²) in [4.78, 5) is 6.23. The third-order valence-corrected chi connectivity index (χ3v) is 4.29. The van der Waals surface area contributed by atoms with Gasteiger partial charge in [-0.3, -0.25) is 0 Å². The molecule has 1 N–H and O–H groups in total. The van der Waals surface area contributed by atoms with Gasteiger partial charge in [0.05, 0.1) is 10.7 Å². The SMILES string of the molecule is CCCNC1CCCc2nc(CC)sc21. The lowest BCUT2D eigenvalue weighted by molar-refractivity contribution is 0.464. The number of thiazole rings is 1. The van der Waals surface area contributed by atoms with E-state index in [4.69, 9.17) is 4.98 Å². The predicted molar refractivity (Wildman–Crippen MR) is 65.5 cm³/mol. The fraction of sp³-hybridized carbons (Fsp3) is 0.750. The van der Waals surface area contributed by atoms with Gasteiger partial charge in [-0.05, 0) is 38.6 Å². The summed E-state index contributed by atoms with van der Waals surface area (Å²) >= 11 is 1.92. The highest BCUT2D eigenvalue weighted by molar-refractivity contribution is 7.11. The maximum absolute atomic E-state index is 4.71. The molecule has 1 atom stereocenters. The molecule has 2 nitrogen and oxygen atoms in total. The summed E-state index contributed by atoms with van der Waals surface area (Å²) in [5.74, 6) is 0. The minimum absolute atomic E-state index is 0.589. The van der Waals surface area contributed by atoms with Crippen molar-refractivity contribution >= 4 is 11.3 Å². The molecule has 0 fully saturated rings. The van der Waals surface area contributed by atoms with E-state index in [9.17, 15) is 0 Å². The van der Waals surface area contributed by atoms with E-state index in [1.165, 1.54) is 41.3 Å². The summed E-state index contributed by atoms with van der Waals surface area (Å²) in [7, 11) is 0. The first-order valence-electron chi connectivity index (χ1n) is 6.07. The van der Waals surface area contributed by atoms with Crippen molar-refractivity contribution in [1.29, 1.82) is 0 Å². The van der Waals surface area contributed by atoms with Crippen LogP contribution in [0, 0.1) is 0 Å². The number of aromatic nitrogens is 1. The monoisotopic (exact) mass is 224 g/mol. The summed E-state index contributed by atoms with van der Waals surface area (Å²) in [6.45, 7) is 5.54. The van der Waals surface area contributed by atoms with Gasteiger partial charge in [-0.1, -0.05) is 13.8 Å². The molecule has 0 radical (unpaired) electrons. The van der Waals surface area contributed by atoms with E-state index in [1.807, 2.05) is 11.3 Å². The van der Waals surface area contributed by atoms with Gasteiger partial charge in [0.1, 0.15) is 0 Å². The van der Waals surface area contributed by atoms with E-state index < -0.39 is 0 Å². The minimum Gasteiger partial charge on any atom is -0.309 e. The molecule has 0 saturated heterocycles. The highest BCUT2D eigenvalue weighted by atomic mass is 32.1. The quantitative estimate of drug-likeness (QED) is 0.850. The van der Waals surface area contributed by atoms with Crippen molar-refractivity contribution in [1.82, 2.24) is 10.3 Å². The van der Waals surface area contributed by atoms with Gasteiger partial charge in [-0.25, -0.2) is 4.98 Å². The lowest BCUT2D eigenvalue weighted by Gasteiger charge is -2.22. The summed E-state index contributed by atoms with van der Waals surface area (Å²) in [5.41, 5.74) is 1.37. The van der Waals surface area contributed by atoms with Crippen molar-refractivity contribution in [2.75, 3.05) is 6.54 Å². The first-order chi connectivity index (χ1) is 7.35. The number of hydrogen-bond acceptors (Lipinski definition) is 3. The molecule has 1 aliphatic rings. The third-order valence-electron chi connectivity index (χ3n) is 2.94. The van der Waals surface area contributed by atoms with E-state index in [0.29, 0.717) is 6.04 Å². The van der Waals surface area contributed by atoms with Crippen molar-refractivity contribution in [2.45, 2.75) is 52.0 Å². The van der Waals surface area contributed by atoms with Gasteiger partial charge in [-0.15, -0.1) is 11.3 Å². The lowest BCUT2D eigenvalue weighted by Crippen LogP contribution is -2.24. The molecule has 1 heterocycles. The van der Waals surface area contributed by atoms with E-state index >= 15 is 0 Å². The average Bonchev–Trinajstić information content (AvgIpc) is 2.69. The van der Waals surface area contributed by atoms with E-state index in [1.54, 1.807) is 0 Å². The molecule has 1 unspecified atom stereocenters. The Kier molecular flexibility index (Phi) is 3.76. The highest BCUT2D eigenvalue weighted by Gasteiger charge is 2.23. The van der Waals surface area contributed by atoms with E-state index in [-0.39, 0.29) is 0 Å². The Morgan fingerprint density at radius 2 is 2.33 bits per heavy atom. The predicted octanol–water partition coefficient (Wildman–Crippen LogP) is 3.08. The van der Waals surface area contributed by atoms with Gasteiger partial charge in [0, 0.05) is 10.9 Å². The number of nitrogens with one attached hydrogen (secondary N) is 1. The van der Waals surface area contributed by atoms with Crippen molar-refractivity contribution in [3.05, 3.63) is 15.6 Å². The maximum atomic E-state index is 4.71. The van der Waals surface area contributed by atoms with Crippen LogP contribution in [0.15, 0.2) is 0 Å². The van der Waals surface area contributed by atoms with E-state index in [0.717, 1.165) is 13.0 Å². The van der Waals surface area contributed by atoms with Crippen LogP contribution in [-0.2, 0) is 12.8 Å². The molecule has 0 bridgehead atoms. The molecule has 0 spiro atoms. The molecule has 3 heteroatoms. The molecule has 1 aliphatic carbocycles. The van der Waals surface area contributed by atoms with E-state index in [2.05, 4.69) is 19.2 Å². The van der Waals surface area contributed by atoms with Crippen LogP contribution < -0.4 is 5.32 Å². The molecular formula is C12H20N2S. The van der Waals surface area contributed by atoms with Crippen molar-refractivity contribution in [2.24, 2.45) is 0 Å². The van der Waals surface area contributed by atoms with Crippen LogP contribution in [0.2, 0.25) is 0 Å². The normalized spacial score (nSPS) is 20.3. The largest absolute Gasteiger partial charge is 0.309 e. The zero-order valence-corrected chi connectivity index (χ0v) is 10.5. The first-order valence-corrected chi connectivity index (χ1v) is 6.88. The maximum Gasteiger partial charge on any atom is 0.0928 e. The second-order valence-corrected chi connectivity index (χ2v) is 5.29. The van der Waals surface area contributed by atoms with Crippen molar-refractivity contribution in [3.63, 3.8) is 0 Å². The third kappa shape index (κ3) is 2.40. The fourth-order valence-corrected chi connectivity index (χ4v) is 3.30. The van der Waals surface area contributed by atoms with Crippen LogP contribution in [-0.4, -0.2) is 11.5 Å². The molecule has 0 amide bonds. The second kappa shape index (κ2) is 5.08. The molecule has 1 aromatic heterocycles. The standard InChI is InChI=1S/C12H20N2S/c1-3-8-13-9-6-5-7-10-12(9)15-11(4-2)14-10/h9,13H,3-8H2,1-2H3. The second-order valence-electron chi connectivity index (χ2n) is 4.17. The molecule has 84 valence electrons. The summed E-state index contributed by atoms with van der Waals surface area (Å²) in [6.07, 6.45) is 6.07. The zero-order chi connectivity index (χ0) is 10.7. The topological polar surface area (TPSA) is 24.9 Å². The Bertz CT molecular complexity index is 319. The minimum atomic E-state index is 0.589. The van der Waals surface area contributed by atoms with Gasteiger partial charge in [0.15, 0.2) is 0 Å². The molecule has 0 aliphatic heterocycles. The number of rotatable bonds is 4. The fourth-order valence-electron chi connectivity index (χ4n) is 2.13. The molecule has 15 heavy (non-hydrogen) atoms. The van der Waals surface area contributed by atoms with Gasteiger partial charge >= 0.3 is 0 Å². The van der Waals surface area contributed by atoms with Crippen LogP contribution in [0.5, 0.6) is 0 Å². The number of aryl methyl sites for hydroxylation is 2. The molecule has 0 aromatic carbocycles. The van der Waals surface area contributed by atoms with Gasteiger partial charge < -0.3 is 5.32 Å². The molecule has 2 rings (SSSR count). The van der Waals surface area contributed by atoms with Crippen LogP contribution >= 0.6 is 11.3 Å². The summed E-state index contributed by atoms with van der Waals surface area (Å²) in [5, 5.41) is 4.95. The molecule has 0 saturated carbocycles. The lowest BCUT2D eigenvalue weighted by atomic mass is 9.98. The Morgan fingerprint density at radius 1 is 1.47 bits per heavy atom. The van der Waals surface area contributed by atoms with Crippen LogP contribution in [0.1, 0.15) is 54.7 Å². The summed E-state index contributed by atoms with van der Waals surface area (Å²) in [6, 6.07) is 0.589. The number of nitrogens with zero attached hydrogens (tertiary/aromatic N) is 1. The van der Waals surface area contributed by atoms with Crippen LogP contribution in [0.25, 0.3) is 0 Å².